The lowest BCUT2D eigenvalue weighted by Gasteiger charge is -2.05. The molecule has 0 amide bonds. The summed E-state index contributed by atoms with van der Waals surface area (Å²) in [6, 6.07) is 12.8. The van der Waals surface area contributed by atoms with Gasteiger partial charge in [0.05, 0.1) is 0 Å². The van der Waals surface area contributed by atoms with Crippen LogP contribution in [-0.2, 0) is 12.8 Å². The lowest BCUT2D eigenvalue weighted by molar-refractivity contribution is 0.446. The summed E-state index contributed by atoms with van der Waals surface area (Å²) in [6.45, 7) is 0. The third-order valence-corrected chi connectivity index (χ3v) is 3.19. The number of aryl methyl sites for hydroxylation is 2. The molecule has 3 heteroatoms. The van der Waals surface area contributed by atoms with Crippen molar-refractivity contribution in [1.29, 1.82) is 0 Å². The normalized spacial score (nSPS) is 10.4. The number of hydrogen-bond donors (Lipinski definition) is 2. The van der Waals surface area contributed by atoms with Crippen molar-refractivity contribution in [1.82, 2.24) is 0 Å². The van der Waals surface area contributed by atoms with E-state index in [0.29, 0.717) is 0 Å². The first-order valence-electron chi connectivity index (χ1n) is 5.40. The first-order valence-corrected chi connectivity index (χ1v) is 6.20. The van der Waals surface area contributed by atoms with Gasteiger partial charge in [0, 0.05) is 10.5 Å². The summed E-state index contributed by atoms with van der Waals surface area (Å²) in [6.07, 6.45) is 1.62. The molecule has 0 bridgehead atoms. The van der Waals surface area contributed by atoms with E-state index < -0.39 is 0 Å². The van der Waals surface area contributed by atoms with Crippen molar-refractivity contribution >= 4 is 15.9 Å². The molecule has 0 aliphatic carbocycles. The maximum atomic E-state index is 9.65. The molecule has 2 rings (SSSR count). The van der Waals surface area contributed by atoms with Crippen LogP contribution in [-0.4, -0.2) is 10.2 Å². The number of phenols is 2. The average Bonchev–Trinajstić information content (AvgIpc) is 2.30. The van der Waals surface area contributed by atoms with E-state index >= 15 is 0 Å². The molecule has 0 heterocycles. The van der Waals surface area contributed by atoms with Gasteiger partial charge in [0.2, 0.25) is 0 Å². The van der Waals surface area contributed by atoms with Gasteiger partial charge in [0.1, 0.15) is 11.5 Å². The second kappa shape index (κ2) is 5.23. The van der Waals surface area contributed by atoms with Crippen LogP contribution >= 0.6 is 15.9 Å². The molecule has 2 nitrogen and oxygen atoms in total. The van der Waals surface area contributed by atoms with Gasteiger partial charge in [-0.1, -0.05) is 34.1 Å². The van der Waals surface area contributed by atoms with E-state index in [0.717, 1.165) is 22.9 Å². The van der Waals surface area contributed by atoms with Crippen molar-refractivity contribution < 1.29 is 10.2 Å². The minimum Gasteiger partial charge on any atom is -0.508 e. The Morgan fingerprint density at radius 1 is 0.882 bits per heavy atom. The largest absolute Gasteiger partial charge is 0.508 e. The molecule has 0 fully saturated rings. The summed E-state index contributed by atoms with van der Waals surface area (Å²) in [5.41, 5.74) is 2.08. The van der Waals surface area contributed by atoms with Gasteiger partial charge in [0.25, 0.3) is 0 Å². The Balaban J connectivity index is 2.04. The third-order valence-electron chi connectivity index (χ3n) is 2.67. The molecule has 0 spiro atoms. The van der Waals surface area contributed by atoms with Gasteiger partial charge in [-0.3, -0.25) is 0 Å². The van der Waals surface area contributed by atoms with Gasteiger partial charge < -0.3 is 10.2 Å². The Labute approximate surface area is 109 Å². The maximum Gasteiger partial charge on any atom is 0.122 e. The van der Waals surface area contributed by atoms with Crippen LogP contribution in [0.4, 0.5) is 0 Å². The zero-order valence-electron chi connectivity index (χ0n) is 9.23. The predicted octanol–water partition coefficient (Wildman–Crippen LogP) is 3.65. The van der Waals surface area contributed by atoms with Gasteiger partial charge in [0.15, 0.2) is 0 Å². The fourth-order valence-corrected chi connectivity index (χ4v) is 1.96. The fourth-order valence-electron chi connectivity index (χ4n) is 1.69. The summed E-state index contributed by atoms with van der Waals surface area (Å²) in [4.78, 5) is 0. The number of benzene rings is 2. The quantitative estimate of drug-likeness (QED) is 0.907. The van der Waals surface area contributed by atoms with Gasteiger partial charge in [-0.15, -0.1) is 0 Å². The Morgan fingerprint density at radius 3 is 2.24 bits per heavy atom. The van der Waals surface area contributed by atoms with Crippen LogP contribution in [0.2, 0.25) is 0 Å². The molecule has 0 atom stereocenters. The summed E-state index contributed by atoms with van der Waals surface area (Å²) in [5, 5.41) is 18.8. The van der Waals surface area contributed by atoms with E-state index in [2.05, 4.69) is 28.1 Å². The van der Waals surface area contributed by atoms with E-state index in [4.69, 9.17) is 0 Å². The van der Waals surface area contributed by atoms with E-state index in [1.807, 2.05) is 12.1 Å². The van der Waals surface area contributed by atoms with Gasteiger partial charge in [-0.2, -0.15) is 0 Å². The molecule has 17 heavy (non-hydrogen) atoms. The highest BCUT2D eigenvalue weighted by atomic mass is 79.9. The molecule has 0 aliphatic heterocycles. The Kier molecular flexibility index (Phi) is 3.69. The van der Waals surface area contributed by atoms with Crippen molar-refractivity contribution in [2.24, 2.45) is 0 Å². The average molecular weight is 293 g/mol. The lowest BCUT2D eigenvalue weighted by Crippen LogP contribution is -1.91. The Bertz CT molecular complexity index is 506. The highest BCUT2D eigenvalue weighted by molar-refractivity contribution is 9.10. The molecule has 0 unspecified atom stereocenters. The number of halogens is 1. The summed E-state index contributed by atoms with van der Waals surface area (Å²) in [5.74, 6) is 0.247. The fraction of sp³-hybridized carbons (Fsp3) is 0.143. The van der Waals surface area contributed by atoms with Crippen LogP contribution in [0.1, 0.15) is 11.1 Å². The number of aromatic hydroxyl groups is 2. The molecule has 0 saturated carbocycles. The van der Waals surface area contributed by atoms with E-state index in [-0.39, 0.29) is 11.5 Å². The molecule has 2 aromatic rings. The minimum atomic E-state index is 0.0925. The Morgan fingerprint density at radius 2 is 1.59 bits per heavy atom. The van der Waals surface area contributed by atoms with Crippen LogP contribution < -0.4 is 0 Å². The highest BCUT2D eigenvalue weighted by Gasteiger charge is 2.02. The molecule has 88 valence electrons. The first-order chi connectivity index (χ1) is 8.15. The van der Waals surface area contributed by atoms with Crippen LogP contribution in [0.15, 0.2) is 46.9 Å². The number of hydrogen-bond acceptors (Lipinski definition) is 2. The topological polar surface area (TPSA) is 40.5 Å². The second-order valence-electron chi connectivity index (χ2n) is 3.94. The molecule has 0 aromatic heterocycles. The molecule has 2 N–H and O–H groups in total. The van der Waals surface area contributed by atoms with Crippen LogP contribution in [0.25, 0.3) is 0 Å². The zero-order valence-corrected chi connectivity index (χ0v) is 10.8. The van der Waals surface area contributed by atoms with Crippen molar-refractivity contribution in [3.05, 3.63) is 58.1 Å². The first kappa shape index (κ1) is 12.0. The zero-order chi connectivity index (χ0) is 12.3. The van der Waals surface area contributed by atoms with Gasteiger partial charge >= 0.3 is 0 Å². The van der Waals surface area contributed by atoms with E-state index in [9.17, 15) is 10.2 Å². The molecular formula is C14H13BrO2. The van der Waals surface area contributed by atoms with Crippen molar-refractivity contribution in [3.63, 3.8) is 0 Å². The maximum absolute atomic E-state index is 9.65. The van der Waals surface area contributed by atoms with Crippen molar-refractivity contribution in [2.75, 3.05) is 0 Å². The van der Waals surface area contributed by atoms with Crippen LogP contribution in [0.5, 0.6) is 11.5 Å². The van der Waals surface area contributed by atoms with Crippen molar-refractivity contribution in [3.8, 4) is 11.5 Å². The van der Waals surface area contributed by atoms with Crippen LogP contribution in [0, 0.1) is 0 Å². The van der Waals surface area contributed by atoms with Gasteiger partial charge in [-0.25, -0.2) is 0 Å². The molecule has 2 aromatic carbocycles. The number of phenolic OH excluding ortho intramolecular Hbond substituents is 2. The Hall–Kier alpha value is -1.48. The summed E-state index contributed by atoms with van der Waals surface area (Å²) < 4.78 is 1.06. The molecular weight excluding hydrogens is 280 g/mol. The lowest BCUT2D eigenvalue weighted by atomic mass is 10.0. The third kappa shape index (κ3) is 3.24. The molecule has 0 radical (unpaired) electrons. The molecule has 0 saturated heterocycles. The number of rotatable bonds is 3. The minimum absolute atomic E-state index is 0.0925. The van der Waals surface area contributed by atoms with Crippen LogP contribution in [0.3, 0.4) is 0 Å². The van der Waals surface area contributed by atoms with E-state index in [1.165, 1.54) is 11.6 Å². The molecule has 0 aliphatic rings. The van der Waals surface area contributed by atoms with Gasteiger partial charge in [-0.05, 0) is 42.2 Å². The predicted molar refractivity (Wildman–Crippen MR) is 71.3 cm³/mol. The van der Waals surface area contributed by atoms with E-state index in [1.54, 1.807) is 12.1 Å². The monoisotopic (exact) mass is 292 g/mol. The SMILES string of the molecule is Oc1ccc(CCc2ccc(Br)cc2)c(O)c1. The smallest absolute Gasteiger partial charge is 0.122 e. The standard InChI is InChI=1S/C14H13BrO2/c15-12-6-2-10(3-7-12)1-4-11-5-8-13(16)9-14(11)17/h2-3,5-9,16-17H,1,4H2. The van der Waals surface area contributed by atoms with Crippen molar-refractivity contribution in [2.45, 2.75) is 12.8 Å². The highest BCUT2D eigenvalue weighted by Crippen LogP contribution is 2.24. The summed E-state index contributed by atoms with van der Waals surface area (Å²) in [7, 11) is 0. The second-order valence-corrected chi connectivity index (χ2v) is 4.86. The summed E-state index contributed by atoms with van der Waals surface area (Å²) >= 11 is 3.39.